The molecule has 1 aromatic rings. The third-order valence-electron chi connectivity index (χ3n) is 5.14. The molecule has 1 saturated heterocycles. The highest BCUT2D eigenvalue weighted by Crippen LogP contribution is 2.22. The lowest BCUT2D eigenvalue weighted by atomic mass is 9.88. The smallest absolute Gasteiger partial charge is 0.317 e. The summed E-state index contributed by atoms with van der Waals surface area (Å²) in [5, 5.41) is 8.72. The number of hydrogen-bond donors (Lipinski definition) is 3. The van der Waals surface area contributed by atoms with Gasteiger partial charge in [0.15, 0.2) is 0 Å². The molecule has 0 saturated carbocycles. The Labute approximate surface area is 178 Å². The fourth-order valence-corrected chi connectivity index (χ4v) is 3.52. The molecule has 0 radical (unpaired) electrons. The number of carbonyl (C=O) groups is 3. The van der Waals surface area contributed by atoms with Gasteiger partial charge >= 0.3 is 6.03 Å². The summed E-state index contributed by atoms with van der Waals surface area (Å²) < 4.78 is 5.02. The molecule has 1 heterocycles. The van der Waals surface area contributed by atoms with Crippen LogP contribution in [-0.4, -0.2) is 68.2 Å². The van der Waals surface area contributed by atoms with E-state index in [9.17, 15) is 14.4 Å². The Morgan fingerprint density at radius 2 is 1.77 bits per heavy atom. The van der Waals surface area contributed by atoms with E-state index in [0.29, 0.717) is 51.1 Å². The Balaban J connectivity index is 2.01. The molecule has 30 heavy (non-hydrogen) atoms. The molecule has 8 heteroatoms. The quantitative estimate of drug-likeness (QED) is 0.532. The summed E-state index contributed by atoms with van der Waals surface area (Å²) in [6, 6.07) is 8.22. The number of rotatable bonds is 9. The molecular weight excluding hydrogens is 384 g/mol. The van der Waals surface area contributed by atoms with Crippen LogP contribution >= 0.6 is 0 Å². The van der Waals surface area contributed by atoms with Crippen molar-refractivity contribution in [3.8, 4) is 0 Å². The largest absolute Gasteiger partial charge is 0.385 e. The summed E-state index contributed by atoms with van der Waals surface area (Å²) >= 11 is 0. The fourth-order valence-electron chi connectivity index (χ4n) is 3.52. The molecule has 1 atom stereocenters. The van der Waals surface area contributed by atoms with Crippen LogP contribution in [0.2, 0.25) is 0 Å². The van der Waals surface area contributed by atoms with Crippen molar-refractivity contribution >= 4 is 17.8 Å². The zero-order chi connectivity index (χ0) is 21.9. The van der Waals surface area contributed by atoms with Crippen LogP contribution in [0, 0.1) is 5.92 Å². The normalized spacial score (nSPS) is 15.5. The summed E-state index contributed by atoms with van der Waals surface area (Å²) in [7, 11) is 1.62. The first kappa shape index (κ1) is 23.7. The van der Waals surface area contributed by atoms with Crippen LogP contribution < -0.4 is 16.0 Å². The number of benzene rings is 1. The number of methoxy groups -OCH3 is 1. The molecule has 1 aromatic carbocycles. The van der Waals surface area contributed by atoms with E-state index in [4.69, 9.17) is 4.74 Å². The monoisotopic (exact) mass is 418 g/mol. The van der Waals surface area contributed by atoms with Crippen LogP contribution in [0.3, 0.4) is 0 Å². The van der Waals surface area contributed by atoms with Crippen LogP contribution in [0.4, 0.5) is 4.79 Å². The molecule has 1 aliphatic rings. The first-order valence-electron chi connectivity index (χ1n) is 10.6. The molecule has 8 nitrogen and oxygen atoms in total. The minimum absolute atomic E-state index is 0.0387. The fraction of sp³-hybridized carbons (Fsp3) is 0.591. The van der Waals surface area contributed by atoms with Crippen LogP contribution in [0.15, 0.2) is 30.3 Å². The number of nitrogens with one attached hydrogen (secondary N) is 3. The molecule has 166 valence electrons. The van der Waals surface area contributed by atoms with Crippen molar-refractivity contribution in [2.45, 2.75) is 45.2 Å². The van der Waals surface area contributed by atoms with Gasteiger partial charge in [-0.25, -0.2) is 4.79 Å². The zero-order valence-corrected chi connectivity index (χ0v) is 18.1. The Morgan fingerprint density at radius 3 is 2.37 bits per heavy atom. The van der Waals surface area contributed by atoms with Crippen LogP contribution in [0.1, 0.15) is 43.5 Å². The molecule has 3 N–H and O–H groups in total. The minimum atomic E-state index is -0.643. The summed E-state index contributed by atoms with van der Waals surface area (Å²) in [6.45, 7) is 6.00. The highest BCUT2D eigenvalue weighted by atomic mass is 16.5. The predicted molar refractivity (Wildman–Crippen MR) is 115 cm³/mol. The second-order valence-electron chi connectivity index (χ2n) is 7.88. The maximum absolute atomic E-state index is 12.9. The van der Waals surface area contributed by atoms with Crippen molar-refractivity contribution in [2.24, 2.45) is 5.92 Å². The number of piperidine rings is 1. The van der Waals surface area contributed by atoms with Crippen LogP contribution in [-0.2, 0) is 9.53 Å². The van der Waals surface area contributed by atoms with Crippen molar-refractivity contribution in [1.29, 1.82) is 0 Å². The maximum atomic E-state index is 12.9. The summed E-state index contributed by atoms with van der Waals surface area (Å²) in [4.78, 5) is 39.6. The lowest BCUT2D eigenvalue weighted by molar-refractivity contribution is -0.124. The summed E-state index contributed by atoms with van der Waals surface area (Å²) in [5.41, 5.74) is 0.517. The second kappa shape index (κ2) is 12.2. The van der Waals surface area contributed by atoms with E-state index < -0.39 is 6.04 Å². The lowest BCUT2D eigenvalue weighted by Crippen LogP contribution is -2.55. The van der Waals surface area contributed by atoms with Gasteiger partial charge in [0.25, 0.3) is 5.91 Å². The first-order valence-corrected chi connectivity index (χ1v) is 10.6. The van der Waals surface area contributed by atoms with Gasteiger partial charge in [-0.05, 0) is 51.2 Å². The van der Waals surface area contributed by atoms with E-state index in [1.807, 2.05) is 19.9 Å². The number of urea groups is 1. The van der Waals surface area contributed by atoms with Gasteiger partial charge in [-0.2, -0.15) is 0 Å². The highest BCUT2D eigenvalue weighted by molar-refractivity contribution is 5.97. The third-order valence-corrected chi connectivity index (χ3v) is 5.14. The molecule has 0 spiro atoms. The Hall–Kier alpha value is -2.61. The predicted octanol–water partition coefficient (Wildman–Crippen LogP) is 1.77. The number of ether oxygens (including phenoxy) is 1. The van der Waals surface area contributed by atoms with E-state index in [2.05, 4.69) is 16.0 Å². The van der Waals surface area contributed by atoms with Gasteiger partial charge in [0.1, 0.15) is 6.04 Å². The third kappa shape index (κ3) is 7.33. The van der Waals surface area contributed by atoms with Gasteiger partial charge < -0.3 is 25.6 Å². The van der Waals surface area contributed by atoms with Gasteiger partial charge in [-0.3, -0.25) is 9.59 Å². The van der Waals surface area contributed by atoms with E-state index in [-0.39, 0.29) is 29.8 Å². The summed E-state index contributed by atoms with van der Waals surface area (Å²) in [5.74, 6) is -0.503. The average Bonchev–Trinajstić information content (AvgIpc) is 2.75. The van der Waals surface area contributed by atoms with Crippen molar-refractivity contribution in [3.05, 3.63) is 35.9 Å². The Morgan fingerprint density at radius 1 is 1.10 bits per heavy atom. The maximum Gasteiger partial charge on any atom is 0.317 e. The molecule has 0 aliphatic carbocycles. The van der Waals surface area contributed by atoms with Crippen molar-refractivity contribution in [3.63, 3.8) is 0 Å². The molecular formula is C22H34N4O4. The van der Waals surface area contributed by atoms with E-state index in [1.165, 1.54) is 0 Å². The second-order valence-corrected chi connectivity index (χ2v) is 7.88. The van der Waals surface area contributed by atoms with Gasteiger partial charge in [-0.1, -0.05) is 18.2 Å². The van der Waals surface area contributed by atoms with Gasteiger partial charge in [0, 0.05) is 45.0 Å². The van der Waals surface area contributed by atoms with Gasteiger partial charge in [0.2, 0.25) is 5.91 Å². The number of nitrogens with zero attached hydrogens (tertiary/aromatic N) is 1. The van der Waals surface area contributed by atoms with Gasteiger partial charge in [-0.15, -0.1) is 0 Å². The molecule has 1 aliphatic heterocycles. The molecule has 1 fully saturated rings. The SMILES string of the molecule is COCCCNC(=O)[C@H](NC(=O)c1ccccc1)C1CCN(C(=O)NC(C)C)CC1. The Kier molecular flexibility index (Phi) is 9.60. The van der Waals surface area contributed by atoms with Gasteiger partial charge in [0.05, 0.1) is 0 Å². The standard InChI is InChI=1S/C22H34N4O4/c1-16(2)24-22(29)26-13-10-17(11-14-26)19(21(28)23-12-7-15-30-3)25-20(27)18-8-5-4-6-9-18/h4-6,8-9,16-17,19H,7,10-15H2,1-3H3,(H,23,28)(H,24,29)(H,25,27)/t19-/m1/s1. The molecule has 2 rings (SSSR count). The van der Waals surface area contributed by atoms with E-state index >= 15 is 0 Å². The highest BCUT2D eigenvalue weighted by Gasteiger charge is 2.34. The lowest BCUT2D eigenvalue weighted by Gasteiger charge is -2.36. The van der Waals surface area contributed by atoms with E-state index in [1.54, 1.807) is 36.3 Å². The molecule has 0 bridgehead atoms. The Bertz CT molecular complexity index is 688. The van der Waals surface area contributed by atoms with Crippen molar-refractivity contribution < 1.29 is 19.1 Å². The van der Waals surface area contributed by atoms with Crippen molar-refractivity contribution in [1.82, 2.24) is 20.9 Å². The minimum Gasteiger partial charge on any atom is -0.385 e. The van der Waals surface area contributed by atoms with Crippen molar-refractivity contribution in [2.75, 3.05) is 33.4 Å². The first-order chi connectivity index (χ1) is 14.4. The topological polar surface area (TPSA) is 99.8 Å². The molecule has 4 amide bonds. The van der Waals surface area contributed by atoms with E-state index in [0.717, 1.165) is 0 Å². The molecule has 0 unspecified atom stereocenters. The summed E-state index contributed by atoms with van der Waals surface area (Å²) in [6.07, 6.45) is 2.00. The number of hydrogen-bond acceptors (Lipinski definition) is 4. The number of carbonyl (C=O) groups excluding carboxylic acids is 3. The van der Waals surface area contributed by atoms with Crippen LogP contribution in [0.25, 0.3) is 0 Å². The van der Waals surface area contributed by atoms with Crippen LogP contribution in [0.5, 0.6) is 0 Å². The zero-order valence-electron chi connectivity index (χ0n) is 18.1. The number of amides is 4. The average molecular weight is 419 g/mol. The molecule has 0 aromatic heterocycles. The number of likely N-dealkylation sites (tertiary alicyclic amines) is 1.